The van der Waals surface area contributed by atoms with Gasteiger partial charge in [0, 0.05) is 0 Å². The van der Waals surface area contributed by atoms with E-state index in [2.05, 4.69) is 37.3 Å². The summed E-state index contributed by atoms with van der Waals surface area (Å²) < 4.78 is 0. The number of phenols is 1. The molecule has 2 rings (SSSR count). The van der Waals surface area contributed by atoms with E-state index in [0.29, 0.717) is 5.75 Å². The van der Waals surface area contributed by atoms with Gasteiger partial charge in [0.1, 0.15) is 5.75 Å². The number of allylic oxidation sites excluding steroid dienone is 1. The average Bonchev–Trinajstić information content (AvgIpc) is 2.39. The van der Waals surface area contributed by atoms with Crippen molar-refractivity contribution in [3.8, 4) is 5.75 Å². The molecule has 0 unspecified atom stereocenters. The number of rotatable bonds is 4. The molecule has 0 heterocycles. The molecular weight excluding hydrogens is 220 g/mol. The highest BCUT2D eigenvalue weighted by atomic mass is 16.3. The minimum atomic E-state index is 0.329. The molecule has 0 radical (unpaired) electrons. The minimum Gasteiger partial charge on any atom is -0.508 e. The van der Waals surface area contributed by atoms with Crippen LogP contribution in [0.15, 0.2) is 60.2 Å². The molecule has 2 aromatic carbocycles. The van der Waals surface area contributed by atoms with Crippen molar-refractivity contribution in [1.29, 1.82) is 0 Å². The number of aryl methyl sites for hydroxylation is 1. The molecule has 2 aromatic rings. The molecule has 0 amide bonds. The number of hydrogen-bond donors (Lipinski definition) is 1. The summed E-state index contributed by atoms with van der Waals surface area (Å²) in [4.78, 5) is 0. The second-order valence-corrected chi connectivity index (χ2v) is 4.57. The Morgan fingerprint density at radius 2 is 1.67 bits per heavy atom. The Labute approximate surface area is 108 Å². The maximum atomic E-state index is 9.22. The van der Waals surface area contributed by atoms with Gasteiger partial charge in [-0.3, -0.25) is 0 Å². The molecule has 1 N–H and O–H groups in total. The van der Waals surface area contributed by atoms with E-state index in [0.717, 1.165) is 12.8 Å². The fraction of sp³-hybridized carbons (Fsp3) is 0.176. The molecule has 1 heteroatoms. The Kier molecular flexibility index (Phi) is 4.19. The summed E-state index contributed by atoms with van der Waals surface area (Å²) in [5, 5.41) is 9.22. The van der Waals surface area contributed by atoms with Crippen LogP contribution in [0.2, 0.25) is 0 Å². The van der Waals surface area contributed by atoms with Crippen LogP contribution in [0, 0.1) is 0 Å². The lowest BCUT2D eigenvalue weighted by Crippen LogP contribution is -1.86. The highest BCUT2D eigenvalue weighted by molar-refractivity contribution is 5.52. The third-order valence-corrected chi connectivity index (χ3v) is 2.96. The van der Waals surface area contributed by atoms with Crippen LogP contribution >= 0.6 is 0 Å². The Hall–Kier alpha value is -2.02. The van der Waals surface area contributed by atoms with Gasteiger partial charge in [0.25, 0.3) is 0 Å². The van der Waals surface area contributed by atoms with E-state index < -0.39 is 0 Å². The SMILES string of the molecule is CC(=Cc1ccccc1)CCc1ccc(O)cc1. The van der Waals surface area contributed by atoms with Crippen LogP contribution in [0.5, 0.6) is 5.75 Å². The lowest BCUT2D eigenvalue weighted by Gasteiger charge is -2.03. The lowest BCUT2D eigenvalue weighted by atomic mass is 10.0. The summed E-state index contributed by atoms with van der Waals surface area (Å²) in [5.41, 5.74) is 3.88. The minimum absolute atomic E-state index is 0.329. The summed E-state index contributed by atoms with van der Waals surface area (Å²) in [5.74, 6) is 0.329. The van der Waals surface area contributed by atoms with Crippen molar-refractivity contribution in [3.63, 3.8) is 0 Å². The molecule has 0 saturated heterocycles. The molecule has 0 aromatic heterocycles. The maximum Gasteiger partial charge on any atom is 0.115 e. The third-order valence-electron chi connectivity index (χ3n) is 2.96. The second-order valence-electron chi connectivity index (χ2n) is 4.57. The normalized spacial score (nSPS) is 11.5. The fourth-order valence-corrected chi connectivity index (χ4v) is 1.91. The van der Waals surface area contributed by atoms with Gasteiger partial charge in [-0.1, -0.05) is 54.1 Å². The molecule has 0 fully saturated rings. The summed E-state index contributed by atoms with van der Waals surface area (Å²) in [6.07, 6.45) is 4.27. The van der Waals surface area contributed by atoms with Gasteiger partial charge in [-0.15, -0.1) is 0 Å². The Morgan fingerprint density at radius 1 is 1.00 bits per heavy atom. The Bertz CT molecular complexity index is 509. The smallest absolute Gasteiger partial charge is 0.115 e. The van der Waals surface area contributed by atoms with E-state index in [1.54, 1.807) is 12.1 Å². The van der Waals surface area contributed by atoms with E-state index in [1.807, 2.05) is 18.2 Å². The van der Waals surface area contributed by atoms with E-state index in [4.69, 9.17) is 0 Å². The Balaban J connectivity index is 1.94. The summed E-state index contributed by atoms with van der Waals surface area (Å²) >= 11 is 0. The Morgan fingerprint density at radius 3 is 2.33 bits per heavy atom. The maximum absolute atomic E-state index is 9.22. The highest BCUT2D eigenvalue weighted by Gasteiger charge is 1.96. The van der Waals surface area contributed by atoms with E-state index >= 15 is 0 Å². The zero-order chi connectivity index (χ0) is 12.8. The zero-order valence-corrected chi connectivity index (χ0v) is 10.6. The van der Waals surface area contributed by atoms with Crippen molar-refractivity contribution < 1.29 is 5.11 Å². The van der Waals surface area contributed by atoms with Crippen molar-refractivity contribution in [2.24, 2.45) is 0 Å². The topological polar surface area (TPSA) is 20.2 Å². The molecule has 1 nitrogen and oxygen atoms in total. The molecular formula is C17H18O. The van der Waals surface area contributed by atoms with Crippen LogP contribution < -0.4 is 0 Å². The zero-order valence-electron chi connectivity index (χ0n) is 10.6. The van der Waals surface area contributed by atoms with Gasteiger partial charge in [0.2, 0.25) is 0 Å². The highest BCUT2D eigenvalue weighted by Crippen LogP contribution is 2.15. The first-order chi connectivity index (χ1) is 8.74. The van der Waals surface area contributed by atoms with Gasteiger partial charge < -0.3 is 5.11 Å². The van der Waals surface area contributed by atoms with Gasteiger partial charge in [-0.2, -0.15) is 0 Å². The monoisotopic (exact) mass is 238 g/mol. The number of aromatic hydroxyl groups is 1. The molecule has 0 atom stereocenters. The first-order valence-corrected chi connectivity index (χ1v) is 6.24. The van der Waals surface area contributed by atoms with Gasteiger partial charge in [0.15, 0.2) is 0 Å². The van der Waals surface area contributed by atoms with Crippen molar-refractivity contribution in [3.05, 3.63) is 71.3 Å². The van der Waals surface area contributed by atoms with Gasteiger partial charge in [0.05, 0.1) is 0 Å². The van der Waals surface area contributed by atoms with Crippen LogP contribution in [0.1, 0.15) is 24.5 Å². The fourth-order valence-electron chi connectivity index (χ4n) is 1.91. The van der Waals surface area contributed by atoms with Gasteiger partial charge >= 0.3 is 0 Å². The summed E-state index contributed by atoms with van der Waals surface area (Å²) in [7, 11) is 0. The molecule has 0 aliphatic carbocycles. The largest absolute Gasteiger partial charge is 0.508 e. The second kappa shape index (κ2) is 6.06. The van der Waals surface area contributed by atoms with Gasteiger partial charge in [-0.05, 0) is 43.0 Å². The predicted molar refractivity (Wildman–Crippen MR) is 76.5 cm³/mol. The van der Waals surface area contributed by atoms with Gasteiger partial charge in [-0.25, -0.2) is 0 Å². The van der Waals surface area contributed by atoms with Crippen molar-refractivity contribution in [2.45, 2.75) is 19.8 Å². The summed E-state index contributed by atoms with van der Waals surface area (Å²) in [6, 6.07) is 17.8. The lowest BCUT2D eigenvalue weighted by molar-refractivity contribution is 0.475. The van der Waals surface area contributed by atoms with E-state index in [9.17, 15) is 5.11 Å². The van der Waals surface area contributed by atoms with Crippen LogP contribution in [-0.2, 0) is 6.42 Å². The molecule has 0 spiro atoms. The van der Waals surface area contributed by atoms with Crippen molar-refractivity contribution in [1.82, 2.24) is 0 Å². The molecule has 0 aliphatic rings. The quantitative estimate of drug-likeness (QED) is 0.835. The first-order valence-electron chi connectivity index (χ1n) is 6.24. The molecule has 0 saturated carbocycles. The third kappa shape index (κ3) is 3.77. The number of hydrogen-bond acceptors (Lipinski definition) is 1. The van der Waals surface area contributed by atoms with Crippen LogP contribution in [0.4, 0.5) is 0 Å². The molecule has 92 valence electrons. The predicted octanol–water partition coefficient (Wildman–Crippen LogP) is 4.43. The standard InChI is InChI=1S/C17H18O/c1-14(13-16-5-3-2-4-6-16)7-8-15-9-11-17(18)12-10-15/h2-6,9-13,18H,7-8H2,1H3. The average molecular weight is 238 g/mol. The van der Waals surface area contributed by atoms with Crippen LogP contribution in [0.3, 0.4) is 0 Å². The molecule has 0 bridgehead atoms. The van der Waals surface area contributed by atoms with Crippen molar-refractivity contribution >= 4 is 6.08 Å². The molecule has 18 heavy (non-hydrogen) atoms. The van der Waals surface area contributed by atoms with E-state index in [-0.39, 0.29) is 0 Å². The van der Waals surface area contributed by atoms with E-state index in [1.165, 1.54) is 16.7 Å². The summed E-state index contributed by atoms with van der Waals surface area (Å²) in [6.45, 7) is 2.16. The van der Waals surface area contributed by atoms with Crippen molar-refractivity contribution in [2.75, 3.05) is 0 Å². The number of benzene rings is 2. The first kappa shape index (κ1) is 12.4. The number of phenolic OH excluding ortho intramolecular Hbond substituents is 1. The van der Waals surface area contributed by atoms with Crippen LogP contribution in [-0.4, -0.2) is 5.11 Å². The molecule has 0 aliphatic heterocycles. The van der Waals surface area contributed by atoms with Crippen LogP contribution in [0.25, 0.3) is 6.08 Å².